The maximum Gasteiger partial charge on any atom is 0.323 e. The predicted molar refractivity (Wildman–Crippen MR) is 92.0 cm³/mol. The van der Waals surface area contributed by atoms with Crippen molar-refractivity contribution >= 4 is 34.1 Å². The van der Waals surface area contributed by atoms with Gasteiger partial charge in [0.05, 0.1) is 5.69 Å². The molecule has 1 heterocycles. The zero-order chi connectivity index (χ0) is 16.4. The first-order chi connectivity index (χ1) is 11.0. The number of amides is 2. The van der Waals surface area contributed by atoms with Gasteiger partial charge in [-0.05, 0) is 25.1 Å². The zero-order valence-electron chi connectivity index (χ0n) is 13.0. The maximum atomic E-state index is 12.2. The van der Waals surface area contributed by atoms with Crippen LogP contribution in [0.2, 0.25) is 0 Å². The Labute approximate surface area is 133 Å². The molecule has 0 unspecified atom stereocenters. The molecule has 3 rings (SSSR count). The summed E-state index contributed by atoms with van der Waals surface area (Å²) >= 11 is 0. The van der Waals surface area contributed by atoms with Crippen molar-refractivity contribution in [3.8, 4) is 0 Å². The fourth-order valence-electron chi connectivity index (χ4n) is 2.54. The first-order valence-corrected chi connectivity index (χ1v) is 7.27. The van der Waals surface area contributed by atoms with Crippen LogP contribution in [0, 0.1) is 0 Å². The van der Waals surface area contributed by atoms with Crippen LogP contribution in [0.5, 0.6) is 0 Å². The molecule has 0 fully saturated rings. The number of hydrogen-bond donors (Lipinski definition) is 2. The molecule has 0 spiro atoms. The van der Waals surface area contributed by atoms with Gasteiger partial charge < -0.3 is 15.2 Å². The van der Waals surface area contributed by atoms with Crippen LogP contribution in [0.4, 0.5) is 16.2 Å². The summed E-state index contributed by atoms with van der Waals surface area (Å²) in [6, 6.07) is 14.4. The van der Waals surface area contributed by atoms with E-state index in [0.29, 0.717) is 11.3 Å². The van der Waals surface area contributed by atoms with Gasteiger partial charge in [0, 0.05) is 35.4 Å². The Hall–Kier alpha value is -3.08. The second-order valence-electron chi connectivity index (χ2n) is 5.39. The van der Waals surface area contributed by atoms with Crippen molar-refractivity contribution in [2.45, 2.75) is 6.92 Å². The van der Waals surface area contributed by atoms with Crippen LogP contribution < -0.4 is 10.6 Å². The molecular weight excluding hydrogens is 290 g/mol. The van der Waals surface area contributed by atoms with Crippen LogP contribution in [0.15, 0.2) is 54.7 Å². The lowest BCUT2D eigenvalue weighted by atomic mass is 10.1. The number of aromatic nitrogens is 1. The standard InChI is InChI=1S/C18H17N3O2/c1-12(22)13-6-5-7-14(10-13)19-18(23)20-16-11-21(2)17-9-4-3-8-15(16)17/h3-11H,1-2H3,(H2,19,20,23). The zero-order valence-corrected chi connectivity index (χ0v) is 13.0. The molecule has 2 amide bonds. The van der Waals surface area contributed by atoms with Crippen LogP contribution in [0.1, 0.15) is 17.3 Å². The number of rotatable bonds is 3. The van der Waals surface area contributed by atoms with E-state index in [-0.39, 0.29) is 11.8 Å². The van der Waals surface area contributed by atoms with E-state index < -0.39 is 0 Å². The van der Waals surface area contributed by atoms with E-state index in [4.69, 9.17) is 0 Å². The number of benzene rings is 2. The summed E-state index contributed by atoms with van der Waals surface area (Å²) in [5, 5.41) is 6.57. The first-order valence-electron chi connectivity index (χ1n) is 7.27. The molecule has 1 aromatic heterocycles. The van der Waals surface area contributed by atoms with Crippen molar-refractivity contribution in [1.82, 2.24) is 4.57 Å². The van der Waals surface area contributed by atoms with Gasteiger partial charge in [0.25, 0.3) is 0 Å². The molecule has 116 valence electrons. The van der Waals surface area contributed by atoms with E-state index in [1.54, 1.807) is 24.3 Å². The van der Waals surface area contributed by atoms with Gasteiger partial charge in [-0.1, -0.05) is 30.3 Å². The highest BCUT2D eigenvalue weighted by atomic mass is 16.2. The van der Waals surface area contributed by atoms with Crippen molar-refractivity contribution in [3.63, 3.8) is 0 Å². The first kappa shape index (κ1) is 14.8. The maximum absolute atomic E-state index is 12.2. The van der Waals surface area contributed by atoms with Crippen LogP contribution in [0.3, 0.4) is 0 Å². The number of Topliss-reactive ketones (excluding diaryl/α,β-unsaturated/α-hetero) is 1. The number of ketones is 1. The van der Waals surface area contributed by atoms with Crippen molar-refractivity contribution in [2.75, 3.05) is 10.6 Å². The summed E-state index contributed by atoms with van der Waals surface area (Å²) < 4.78 is 1.96. The second-order valence-corrected chi connectivity index (χ2v) is 5.39. The minimum absolute atomic E-state index is 0.0388. The monoisotopic (exact) mass is 307 g/mol. The van der Waals surface area contributed by atoms with Gasteiger partial charge >= 0.3 is 6.03 Å². The summed E-state index contributed by atoms with van der Waals surface area (Å²) in [5.41, 5.74) is 2.92. The summed E-state index contributed by atoms with van der Waals surface area (Å²) in [5.74, 6) is -0.0388. The molecule has 0 radical (unpaired) electrons. The number of para-hydroxylation sites is 1. The van der Waals surface area contributed by atoms with E-state index in [0.717, 1.165) is 16.6 Å². The minimum atomic E-state index is -0.345. The third kappa shape index (κ3) is 3.08. The molecule has 0 aliphatic heterocycles. The molecule has 0 bridgehead atoms. The van der Waals surface area contributed by atoms with E-state index in [1.165, 1.54) is 6.92 Å². The molecule has 0 saturated carbocycles. The number of carbonyl (C=O) groups excluding carboxylic acids is 2. The molecule has 2 aromatic carbocycles. The minimum Gasteiger partial charge on any atom is -0.348 e. The number of nitrogens with one attached hydrogen (secondary N) is 2. The van der Waals surface area contributed by atoms with Crippen LogP contribution >= 0.6 is 0 Å². The highest BCUT2D eigenvalue weighted by molar-refractivity contribution is 6.06. The molecule has 5 heteroatoms. The highest BCUT2D eigenvalue weighted by Gasteiger charge is 2.10. The van der Waals surface area contributed by atoms with Gasteiger partial charge in [0.2, 0.25) is 0 Å². The number of nitrogens with zero attached hydrogens (tertiary/aromatic N) is 1. The molecule has 2 N–H and O–H groups in total. The smallest absolute Gasteiger partial charge is 0.323 e. The SMILES string of the molecule is CC(=O)c1cccc(NC(=O)Nc2cn(C)c3ccccc23)c1. The largest absolute Gasteiger partial charge is 0.348 e. The summed E-state index contributed by atoms with van der Waals surface area (Å²) in [6.45, 7) is 1.50. The summed E-state index contributed by atoms with van der Waals surface area (Å²) in [7, 11) is 1.93. The molecule has 3 aromatic rings. The lowest BCUT2D eigenvalue weighted by Crippen LogP contribution is -2.19. The van der Waals surface area contributed by atoms with Gasteiger partial charge in [-0.15, -0.1) is 0 Å². The molecule has 0 saturated heterocycles. The Morgan fingerprint density at radius 1 is 1.00 bits per heavy atom. The third-order valence-electron chi connectivity index (χ3n) is 3.67. The van der Waals surface area contributed by atoms with Crippen LogP contribution in [0.25, 0.3) is 10.9 Å². The number of urea groups is 1. The van der Waals surface area contributed by atoms with E-state index in [2.05, 4.69) is 10.6 Å². The Kier molecular flexibility index (Phi) is 3.85. The van der Waals surface area contributed by atoms with Crippen LogP contribution in [-0.2, 0) is 7.05 Å². The molecule has 23 heavy (non-hydrogen) atoms. The molecule has 0 atom stereocenters. The number of hydrogen-bond acceptors (Lipinski definition) is 2. The van der Waals surface area contributed by atoms with Crippen molar-refractivity contribution in [2.24, 2.45) is 7.05 Å². The summed E-state index contributed by atoms with van der Waals surface area (Å²) in [6.07, 6.45) is 1.87. The quantitative estimate of drug-likeness (QED) is 0.718. The number of carbonyl (C=O) groups is 2. The normalized spacial score (nSPS) is 10.5. The Balaban J connectivity index is 1.79. The fourth-order valence-corrected chi connectivity index (χ4v) is 2.54. The topological polar surface area (TPSA) is 63.1 Å². The lowest BCUT2D eigenvalue weighted by molar-refractivity contribution is 0.101. The van der Waals surface area contributed by atoms with Gasteiger partial charge in [0.15, 0.2) is 5.78 Å². The summed E-state index contributed by atoms with van der Waals surface area (Å²) in [4.78, 5) is 23.6. The third-order valence-corrected chi connectivity index (χ3v) is 3.67. The van der Waals surface area contributed by atoms with Gasteiger partial charge in [-0.25, -0.2) is 4.79 Å². The number of aryl methyl sites for hydroxylation is 1. The van der Waals surface area contributed by atoms with Crippen molar-refractivity contribution in [1.29, 1.82) is 0 Å². The van der Waals surface area contributed by atoms with Gasteiger partial charge in [-0.2, -0.15) is 0 Å². The average Bonchev–Trinajstić information content (AvgIpc) is 2.84. The fraction of sp³-hybridized carbons (Fsp3) is 0.111. The Morgan fingerprint density at radius 2 is 1.78 bits per heavy atom. The average molecular weight is 307 g/mol. The van der Waals surface area contributed by atoms with E-state index >= 15 is 0 Å². The number of anilines is 2. The molecule has 0 aliphatic rings. The van der Waals surface area contributed by atoms with Crippen LogP contribution in [-0.4, -0.2) is 16.4 Å². The predicted octanol–water partition coefficient (Wildman–Crippen LogP) is 4.02. The Morgan fingerprint density at radius 3 is 2.57 bits per heavy atom. The van der Waals surface area contributed by atoms with Gasteiger partial charge in [-0.3, -0.25) is 4.79 Å². The highest BCUT2D eigenvalue weighted by Crippen LogP contribution is 2.25. The lowest BCUT2D eigenvalue weighted by Gasteiger charge is -2.07. The molecule has 5 nitrogen and oxygen atoms in total. The van der Waals surface area contributed by atoms with E-state index in [1.807, 2.05) is 42.1 Å². The van der Waals surface area contributed by atoms with E-state index in [9.17, 15) is 9.59 Å². The van der Waals surface area contributed by atoms with Crippen molar-refractivity contribution < 1.29 is 9.59 Å². The van der Waals surface area contributed by atoms with Crippen molar-refractivity contribution in [3.05, 3.63) is 60.3 Å². The Bertz CT molecular complexity index is 896. The number of fused-ring (bicyclic) bond motifs is 1. The molecule has 0 aliphatic carbocycles. The second kappa shape index (κ2) is 5.96. The van der Waals surface area contributed by atoms with Gasteiger partial charge in [0.1, 0.15) is 0 Å². The molecular formula is C18H17N3O2.